The third-order valence-electron chi connectivity index (χ3n) is 2.85. The molecule has 1 aromatic rings. The molecule has 1 aliphatic rings. The van der Waals surface area contributed by atoms with Crippen molar-refractivity contribution in [2.75, 3.05) is 6.61 Å². The zero-order chi connectivity index (χ0) is 14.0. The van der Waals surface area contributed by atoms with Crippen LogP contribution in [0.4, 0.5) is 0 Å². The summed E-state index contributed by atoms with van der Waals surface area (Å²) < 4.78 is 10.2. The van der Waals surface area contributed by atoms with Gasteiger partial charge in [0.2, 0.25) is 6.29 Å². The molecule has 7 nitrogen and oxygen atoms in total. The average Bonchev–Trinajstić information content (AvgIpc) is 2.68. The molecule has 3 N–H and O–H groups in total. The number of aldehydes is 1. The van der Waals surface area contributed by atoms with Gasteiger partial charge in [-0.2, -0.15) is 0 Å². The molecule has 1 aliphatic heterocycles. The minimum atomic E-state index is -1.37. The number of rotatable bonds is 4. The molecule has 2 rings (SSSR count). The van der Waals surface area contributed by atoms with Gasteiger partial charge in [-0.15, -0.1) is 0 Å². The molecule has 1 aromatic carbocycles. The topological polar surface area (TPSA) is 119 Å². The normalized spacial score (nSPS) is 30.3. The molecule has 1 saturated heterocycles. The number of ether oxygens (including phenoxy) is 2. The van der Waals surface area contributed by atoms with E-state index in [9.17, 15) is 20.1 Å². The van der Waals surface area contributed by atoms with E-state index in [1.807, 2.05) is 0 Å². The predicted octanol–water partition coefficient (Wildman–Crippen LogP) is -1.61. The SMILES string of the molecule is O=Cc1ccc(OC2OC(CO)C(O)C2O)c([O-])c1. The van der Waals surface area contributed by atoms with Crippen LogP contribution in [0.15, 0.2) is 18.2 Å². The lowest BCUT2D eigenvalue weighted by Gasteiger charge is -2.21. The van der Waals surface area contributed by atoms with Crippen molar-refractivity contribution < 1.29 is 34.7 Å². The Bertz CT molecular complexity index is 461. The molecule has 4 atom stereocenters. The number of carbonyl (C=O) groups excluding carboxylic acids is 1. The Morgan fingerprint density at radius 2 is 2.11 bits per heavy atom. The van der Waals surface area contributed by atoms with Gasteiger partial charge in [-0.3, -0.25) is 4.79 Å². The first-order chi connectivity index (χ1) is 9.06. The number of carbonyl (C=O) groups is 1. The summed E-state index contributed by atoms with van der Waals surface area (Å²) >= 11 is 0. The van der Waals surface area contributed by atoms with Crippen LogP contribution in [0.5, 0.6) is 11.5 Å². The molecule has 0 aromatic heterocycles. The summed E-state index contributed by atoms with van der Waals surface area (Å²) in [6, 6.07) is 3.75. The second kappa shape index (κ2) is 5.54. The van der Waals surface area contributed by atoms with E-state index in [2.05, 4.69) is 0 Å². The van der Waals surface area contributed by atoms with E-state index in [1.54, 1.807) is 0 Å². The van der Waals surface area contributed by atoms with Crippen molar-refractivity contribution in [3.05, 3.63) is 23.8 Å². The lowest BCUT2D eigenvalue weighted by Crippen LogP contribution is -2.35. The van der Waals surface area contributed by atoms with Gasteiger partial charge < -0.3 is 29.9 Å². The third-order valence-corrected chi connectivity index (χ3v) is 2.85. The van der Waals surface area contributed by atoms with Gasteiger partial charge in [-0.25, -0.2) is 0 Å². The maximum Gasteiger partial charge on any atom is 0.229 e. The summed E-state index contributed by atoms with van der Waals surface area (Å²) in [6.45, 7) is -0.480. The largest absolute Gasteiger partial charge is 0.870 e. The van der Waals surface area contributed by atoms with Gasteiger partial charge in [-0.05, 0) is 12.1 Å². The average molecular weight is 269 g/mol. The maximum atomic E-state index is 11.6. The van der Waals surface area contributed by atoms with Gasteiger partial charge in [0.25, 0.3) is 0 Å². The molecular formula is C12H13O7-. The van der Waals surface area contributed by atoms with Gasteiger partial charge >= 0.3 is 0 Å². The van der Waals surface area contributed by atoms with Crippen molar-refractivity contribution in [1.82, 2.24) is 0 Å². The van der Waals surface area contributed by atoms with Gasteiger partial charge in [0.05, 0.1) is 6.61 Å². The van der Waals surface area contributed by atoms with E-state index in [1.165, 1.54) is 12.1 Å². The minimum Gasteiger partial charge on any atom is -0.870 e. The molecule has 104 valence electrons. The highest BCUT2D eigenvalue weighted by Crippen LogP contribution is 2.29. The van der Waals surface area contributed by atoms with Crippen LogP contribution in [0.3, 0.4) is 0 Å². The second-order valence-corrected chi connectivity index (χ2v) is 4.15. The fraction of sp³-hybridized carbons (Fsp3) is 0.417. The predicted molar refractivity (Wildman–Crippen MR) is 59.7 cm³/mol. The fourth-order valence-corrected chi connectivity index (χ4v) is 1.78. The first-order valence-electron chi connectivity index (χ1n) is 5.62. The fourth-order valence-electron chi connectivity index (χ4n) is 1.78. The van der Waals surface area contributed by atoms with Crippen LogP contribution < -0.4 is 9.84 Å². The van der Waals surface area contributed by atoms with Crippen LogP contribution >= 0.6 is 0 Å². The Hall–Kier alpha value is -1.67. The van der Waals surface area contributed by atoms with E-state index in [0.29, 0.717) is 6.29 Å². The molecule has 1 fully saturated rings. The number of aliphatic hydroxyl groups excluding tert-OH is 3. The maximum absolute atomic E-state index is 11.6. The molecular weight excluding hydrogens is 256 g/mol. The zero-order valence-corrected chi connectivity index (χ0v) is 9.80. The Morgan fingerprint density at radius 3 is 2.63 bits per heavy atom. The Morgan fingerprint density at radius 1 is 1.37 bits per heavy atom. The van der Waals surface area contributed by atoms with Crippen LogP contribution in [0.25, 0.3) is 0 Å². The molecule has 1 heterocycles. The molecule has 4 unspecified atom stereocenters. The molecule has 0 radical (unpaired) electrons. The second-order valence-electron chi connectivity index (χ2n) is 4.15. The van der Waals surface area contributed by atoms with Crippen LogP contribution in [0.1, 0.15) is 10.4 Å². The van der Waals surface area contributed by atoms with Crippen molar-refractivity contribution >= 4 is 6.29 Å². The summed E-state index contributed by atoms with van der Waals surface area (Å²) in [5.74, 6) is -0.650. The minimum absolute atomic E-state index is 0.111. The smallest absolute Gasteiger partial charge is 0.229 e. The van der Waals surface area contributed by atoms with Crippen molar-refractivity contribution in [2.45, 2.75) is 24.6 Å². The first-order valence-corrected chi connectivity index (χ1v) is 5.62. The van der Waals surface area contributed by atoms with Gasteiger partial charge in [0, 0.05) is 5.56 Å². The monoisotopic (exact) mass is 269 g/mol. The van der Waals surface area contributed by atoms with E-state index in [0.717, 1.165) is 6.07 Å². The molecule has 0 saturated carbocycles. The summed E-state index contributed by atoms with van der Waals surface area (Å²) in [6.07, 6.45) is -4.36. The quantitative estimate of drug-likeness (QED) is 0.562. The summed E-state index contributed by atoms with van der Waals surface area (Å²) in [5, 5.41) is 39.7. The third kappa shape index (κ3) is 2.69. The molecule has 0 amide bonds. The van der Waals surface area contributed by atoms with Gasteiger partial charge in [0.15, 0.2) is 0 Å². The van der Waals surface area contributed by atoms with Crippen LogP contribution in [-0.4, -0.2) is 52.8 Å². The molecule has 0 bridgehead atoms. The highest BCUT2D eigenvalue weighted by Gasteiger charge is 2.43. The van der Waals surface area contributed by atoms with Crippen LogP contribution in [0, 0.1) is 0 Å². The molecule has 7 heteroatoms. The first kappa shape index (κ1) is 13.8. The van der Waals surface area contributed by atoms with Crippen LogP contribution in [-0.2, 0) is 4.74 Å². The van der Waals surface area contributed by atoms with Crippen molar-refractivity contribution in [3.8, 4) is 11.5 Å². The molecule has 0 spiro atoms. The van der Waals surface area contributed by atoms with Gasteiger partial charge in [0.1, 0.15) is 30.3 Å². The van der Waals surface area contributed by atoms with Gasteiger partial charge in [-0.1, -0.05) is 11.8 Å². The summed E-state index contributed by atoms with van der Waals surface area (Å²) in [5.41, 5.74) is 0.207. The standard InChI is InChI=1S/C12H14O7/c13-4-6-1-2-8(7(15)3-6)18-12-11(17)10(16)9(5-14)19-12/h1-4,9-12,14-17H,5H2/p-1. The Balaban J connectivity index is 2.11. The highest BCUT2D eigenvalue weighted by molar-refractivity contribution is 5.76. The number of aliphatic hydroxyl groups is 3. The van der Waals surface area contributed by atoms with E-state index in [-0.39, 0.29) is 11.3 Å². The van der Waals surface area contributed by atoms with Crippen LogP contribution in [0.2, 0.25) is 0 Å². The highest BCUT2D eigenvalue weighted by atomic mass is 16.7. The lowest BCUT2D eigenvalue weighted by molar-refractivity contribution is -0.272. The molecule has 19 heavy (non-hydrogen) atoms. The summed E-state index contributed by atoms with van der Waals surface area (Å²) in [7, 11) is 0. The molecule has 0 aliphatic carbocycles. The van der Waals surface area contributed by atoms with E-state index < -0.39 is 37.0 Å². The number of benzene rings is 1. The van der Waals surface area contributed by atoms with Crippen molar-refractivity contribution in [2.24, 2.45) is 0 Å². The van der Waals surface area contributed by atoms with Crippen molar-refractivity contribution in [3.63, 3.8) is 0 Å². The number of hydrogen-bond acceptors (Lipinski definition) is 7. The number of hydrogen-bond donors (Lipinski definition) is 3. The Kier molecular flexibility index (Phi) is 4.01. The Labute approximate surface area is 108 Å². The van der Waals surface area contributed by atoms with E-state index in [4.69, 9.17) is 14.6 Å². The zero-order valence-electron chi connectivity index (χ0n) is 9.80. The van der Waals surface area contributed by atoms with E-state index >= 15 is 0 Å². The summed E-state index contributed by atoms with van der Waals surface area (Å²) in [4.78, 5) is 10.5. The van der Waals surface area contributed by atoms with Crippen molar-refractivity contribution in [1.29, 1.82) is 0 Å². The lowest BCUT2D eigenvalue weighted by atomic mass is 10.1.